The van der Waals surface area contributed by atoms with E-state index in [1.807, 2.05) is 20.0 Å². The SMILES string of the molecule is CCCCN(CC)c1cc(C)nc(NC)n1. The number of aryl methyl sites for hydroxylation is 1. The first-order chi connectivity index (χ1) is 7.71. The number of anilines is 2. The highest BCUT2D eigenvalue weighted by atomic mass is 15.2. The second-order valence-corrected chi connectivity index (χ2v) is 3.87. The van der Waals surface area contributed by atoms with Gasteiger partial charge in [0, 0.05) is 31.9 Å². The summed E-state index contributed by atoms with van der Waals surface area (Å²) in [6, 6.07) is 2.04. The van der Waals surface area contributed by atoms with Crippen LogP contribution in [-0.4, -0.2) is 30.1 Å². The number of aromatic nitrogens is 2. The Morgan fingerprint density at radius 2 is 2.06 bits per heavy atom. The lowest BCUT2D eigenvalue weighted by molar-refractivity contribution is 0.722. The van der Waals surface area contributed by atoms with Crippen molar-refractivity contribution in [1.29, 1.82) is 0 Å². The fraction of sp³-hybridized carbons (Fsp3) is 0.667. The Bertz CT molecular complexity index is 325. The highest BCUT2D eigenvalue weighted by molar-refractivity contribution is 5.44. The van der Waals surface area contributed by atoms with Gasteiger partial charge >= 0.3 is 0 Å². The first-order valence-electron chi connectivity index (χ1n) is 5.99. The molecule has 1 aromatic rings. The third-order valence-corrected chi connectivity index (χ3v) is 2.55. The van der Waals surface area contributed by atoms with Gasteiger partial charge in [0.25, 0.3) is 0 Å². The molecule has 16 heavy (non-hydrogen) atoms. The Morgan fingerprint density at radius 1 is 1.31 bits per heavy atom. The maximum Gasteiger partial charge on any atom is 0.224 e. The first kappa shape index (κ1) is 12.7. The van der Waals surface area contributed by atoms with Crippen LogP contribution < -0.4 is 10.2 Å². The zero-order chi connectivity index (χ0) is 12.0. The van der Waals surface area contributed by atoms with Crippen LogP contribution in [0.5, 0.6) is 0 Å². The third-order valence-electron chi connectivity index (χ3n) is 2.55. The summed E-state index contributed by atoms with van der Waals surface area (Å²) in [5.74, 6) is 1.72. The second kappa shape index (κ2) is 6.30. The summed E-state index contributed by atoms with van der Waals surface area (Å²) < 4.78 is 0. The molecule has 0 bridgehead atoms. The standard InChI is InChI=1S/C12H22N4/c1-5-7-8-16(6-2)11-9-10(3)14-12(13-4)15-11/h9H,5-8H2,1-4H3,(H,13,14,15). The largest absolute Gasteiger partial charge is 0.357 e. The van der Waals surface area contributed by atoms with Crippen molar-refractivity contribution in [3.8, 4) is 0 Å². The zero-order valence-electron chi connectivity index (χ0n) is 10.7. The Kier molecular flexibility index (Phi) is 5.02. The third kappa shape index (κ3) is 3.36. The molecule has 0 radical (unpaired) electrons. The molecule has 0 aliphatic carbocycles. The monoisotopic (exact) mass is 222 g/mol. The number of nitrogens with one attached hydrogen (secondary N) is 1. The maximum absolute atomic E-state index is 4.48. The van der Waals surface area contributed by atoms with Crippen LogP contribution in [0.2, 0.25) is 0 Å². The molecule has 1 rings (SSSR count). The van der Waals surface area contributed by atoms with Gasteiger partial charge in [-0.2, -0.15) is 4.98 Å². The normalized spacial score (nSPS) is 10.2. The van der Waals surface area contributed by atoms with Crippen LogP contribution in [-0.2, 0) is 0 Å². The van der Waals surface area contributed by atoms with E-state index in [1.165, 1.54) is 12.8 Å². The van der Waals surface area contributed by atoms with Gasteiger partial charge in [0.1, 0.15) is 5.82 Å². The summed E-state index contributed by atoms with van der Waals surface area (Å²) >= 11 is 0. The lowest BCUT2D eigenvalue weighted by atomic mass is 10.3. The first-order valence-corrected chi connectivity index (χ1v) is 5.99. The number of unbranched alkanes of at least 4 members (excludes halogenated alkanes) is 1. The van der Waals surface area contributed by atoms with Crippen LogP contribution in [0.25, 0.3) is 0 Å². The Labute approximate surface area is 98.1 Å². The zero-order valence-corrected chi connectivity index (χ0v) is 10.7. The Morgan fingerprint density at radius 3 is 2.62 bits per heavy atom. The minimum Gasteiger partial charge on any atom is -0.357 e. The molecule has 0 spiro atoms. The van der Waals surface area contributed by atoms with Gasteiger partial charge in [-0.3, -0.25) is 0 Å². The van der Waals surface area contributed by atoms with E-state index in [9.17, 15) is 0 Å². The highest BCUT2D eigenvalue weighted by Crippen LogP contribution is 2.15. The highest BCUT2D eigenvalue weighted by Gasteiger charge is 2.07. The molecule has 0 fully saturated rings. The lowest BCUT2D eigenvalue weighted by Crippen LogP contribution is -2.25. The van der Waals surface area contributed by atoms with Gasteiger partial charge in [-0.05, 0) is 20.3 Å². The molecule has 90 valence electrons. The van der Waals surface area contributed by atoms with Crippen molar-refractivity contribution in [2.45, 2.75) is 33.6 Å². The maximum atomic E-state index is 4.48. The van der Waals surface area contributed by atoms with Crippen molar-refractivity contribution in [2.75, 3.05) is 30.4 Å². The van der Waals surface area contributed by atoms with Gasteiger partial charge < -0.3 is 10.2 Å². The van der Waals surface area contributed by atoms with Crippen molar-refractivity contribution in [1.82, 2.24) is 9.97 Å². The van der Waals surface area contributed by atoms with Gasteiger partial charge in [-0.25, -0.2) is 4.98 Å². The van der Waals surface area contributed by atoms with E-state index in [0.29, 0.717) is 5.95 Å². The summed E-state index contributed by atoms with van der Waals surface area (Å²) in [5.41, 5.74) is 1.00. The van der Waals surface area contributed by atoms with Crippen molar-refractivity contribution < 1.29 is 0 Å². The molecule has 0 amide bonds. The lowest BCUT2D eigenvalue weighted by Gasteiger charge is -2.22. The molecule has 0 aromatic carbocycles. The van der Waals surface area contributed by atoms with Crippen LogP contribution in [0.15, 0.2) is 6.07 Å². The van der Waals surface area contributed by atoms with E-state index in [2.05, 4.69) is 34.0 Å². The minimum absolute atomic E-state index is 0.699. The van der Waals surface area contributed by atoms with Crippen molar-refractivity contribution >= 4 is 11.8 Å². The molecule has 0 aliphatic rings. The molecule has 1 heterocycles. The Balaban J connectivity index is 2.86. The number of hydrogen-bond donors (Lipinski definition) is 1. The molecule has 0 aliphatic heterocycles. The molecule has 1 N–H and O–H groups in total. The number of hydrogen-bond acceptors (Lipinski definition) is 4. The van der Waals surface area contributed by atoms with Crippen LogP contribution in [0.1, 0.15) is 32.4 Å². The van der Waals surface area contributed by atoms with Gasteiger partial charge in [-0.1, -0.05) is 13.3 Å². The van der Waals surface area contributed by atoms with E-state index in [-0.39, 0.29) is 0 Å². The molecule has 0 atom stereocenters. The van der Waals surface area contributed by atoms with Crippen molar-refractivity contribution in [3.63, 3.8) is 0 Å². The molecule has 0 saturated heterocycles. The van der Waals surface area contributed by atoms with E-state index < -0.39 is 0 Å². The molecule has 4 heteroatoms. The Hall–Kier alpha value is -1.32. The fourth-order valence-corrected chi connectivity index (χ4v) is 1.61. The molecule has 1 aromatic heterocycles. The predicted octanol–water partition coefficient (Wildman–Crippen LogP) is 2.45. The summed E-state index contributed by atoms with van der Waals surface area (Å²) in [7, 11) is 1.85. The molecule has 0 saturated carbocycles. The molecule has 0 unspecified atom stereocenters. The number of nitrogens with zero attached hydrogens (tertiary/aromatic N) is 3. The van der Waals surface area contributed by atoms with Crippen molar-refractivity contribution in [3.05, 3.63) is 11.8 Å². The van der Waals surface area contributed by atoms with Gasteiger partial charge in [0.15, 0.2) is 0 Å². The van der Waals surface area contributed by atoms with Crippen LogP contribution in [0.3, 0.4) is 0 Å². The average molecular weight is 222 g/mol. The fourth-order valence-electron chi connectivity index (χ4n) is 1.61. The molecular formula is C12H22N4. The topological polar surface area (TPSA) is 41.1 Å². The van der Waals surface area contributed by atoms with Gasteiger partial charge in [-0.15, -0.1) is 0 Å². The van der Waals surface area contributed by atoms with E-state index >= 15 is 0 Å². The summed E-state index contributed by atoms with van der Waals surface area (Å²) in [5, 5.41) is 2.99. The smallest absolute Gasteiger partial charge is 0.224 e. The summed E-state index contributed by atoms with van der Waals surface area (Å²) in [4.78, 5) is 11.1. The van der Waals surface area contributed by atoms with E-state index in [4.69, 9.17) is 0 Å². The van der Waals surface area contributed by atoms with Crippen LogP contribution >= 0.6 is 0 Å². The van der Waals surface area contributed by atoms with Crippen molar-refractivity contribution in [2.24, 2.45) is 0 Å². The van der Waals surface area contributed by atoms with Gasteiger partial charge in [0.2, 0.25) is 5.95 Å². The van der Waals surface area contributed by atoms with Crippen LogP contribution in [0, 0.1) is 6.92 Å². The molecular weight excluding hydrogens is 200 g/mol. The van der Waals surface area contributed by atoms with E-state index in [0.717, 1.165) is 24.6 Å². The van der Waals surface area contributed by atoms with Crippen LogP contribution in [0.4, 0.5) is 11.8 Å². The van der Waals surface area contributed by atoms with E-state index in [1.54, 1.807) is 0 Å². The number of rotatable bonds is 6. The second-order valence-electron chi connectivity index (χ2n) is 3.87. The quantitative estimate of drug-likeness (QED) is 0.802. The minimum atomic E-state index is 0.699. The summed E-state index contributed by atoms with van der Waals surface area (Å²) in [6.45, 7) is 8.41. The summed E-state index contributed by atoms with van der Waals surface area (Å²) in [6.07, 6.45) is 2.41. The molecule has 4 nitrogen and oxygen atoms in total. The van der Waals surface area contributed by atoms with Gasteiger partial charge in [0.05, 0.1) is 0 Å². The average Bonchev–Trinajstić information content (AvgIpc) is 2.29. The predicted molar refractivity (Wildman–Crippen MR) is 69.1 cm³/mol.